The quantitative estimate of drug-likeness (QED) is 0.288. The molecule has 8 heteroatoms. The van der Waals surface area contributed by atoms with Crippen molar-refractivity contribution < 1.29 is 24.2 Å². The lowest BCUT2D eigenvalue weighted by atomic mass is 10.0. The molecule has 0 unspecified atom stereocenters. The molecule has 2 aromatic carbocycles. The van der Waals surface area contributed by atoms with Crippen molar-refractivity contribution in [3.05, 3.63) is 41.1 Å². The fraction of sp³-hybridized carbons (Fsp3) is 0.238. The van der Waals surface area contributed by atoms with Crippen LogP contribution in [0, 0.1) is 11.8 Å². The molecule has 3 rings (SSSR count). The van der Waals surface area contributed by atoms with Crippen molar-refractivity contribution in [2.45, 2.75) is 6.92 Å². The first-order valence-corrected chi connectivity index (χ1v) is 8.64. The third-order valence-corrected chi connectivity index (χ3v) is 4.43. The zero-order valence-corrected chi connectivity index (χ0v) is 16.8. The van der Waals surface area contributed by atoms with Gasteiger partial charge in [-0.25, -0.2) is 0 Å². The van der Waals surface area contributed by atoms with E-state index >= 15 is 0 Å². The fourth-order valence-corrected chi connectivity index (χ4v) is 3.13. The Labute approximate surface area is 168 Å². The number of aromatic amines is 1. The van der Waals surface area contributed by atoms with Crippen LogP contribution in [0.5, 0.6) is 23.0 Å². The summed E-state index contributed by atoms with van der Waals surface area (Å²) in [6, 6.07) is 7.01. The van der Waals surface area contributed by atoms with Gasteiger partial charge in [-0.15, -0.1) is 5.92 Å². The van der Waals surface area contributed by atoms with Gasteiger partial charge >= 0.3 is 0 Å². The second kappa shape index (κ2) is 8.44. The first-order chi connectivity index (χ1) is 14.1. The number of hydrogen-bond acceptors (Lipinski definition) is 7. The Hall–Kier alpha value is -3.86. The van der Waals surface area contributed by atoms with Crippen molar-refractivity contribution in [3.63, 3.8) is 0 Å². The van der Waals surface area contributed by atoms with E-state index in [-0.39, 0.29) is 5.71 Å². The highest BCUT2D eigenvalue weighted by Gasteiger charge is 2.22. The Morgan fingerprint density at radius 3 is 2.17 bits per heavy atom. The van der Waals surface area contributed by atoms with E-state index < -0.39 is 0 Å². The van der Waals surface area contributed by atoms with Gasteiger partial charge in [0.25, 0.3) is 0 Å². The number of aromatic nitrogens is 2. The standard InChI is InChI=1S/C21H21N3O5/c1-6-7-13-15(26-2)9-8-14-19(13)22-23-20(14)18(24-25)12-10-16(27-3)21(29-5)17(11-12)28-4/h8-11,25H,1-5H3,(H,22,23)/b24-18+. The summed E-state index contributed by atoms with van der Waals surface area (Å²) in [5, 5.41) is 21.4. The van der Waals surface area contributed by atoms with Crippen LogP contribution in [0.25, 0.3) is 10.9 Å². The van der Waals surface area contributed by atoms with E-state index in [1.807, 2.05) is 6.07 Å². The van der Waals surface area contributed by atoms with Crippen LogP contribution in [-0.4, -0.2) is 49.6 Å². The first-order valence-electron chi connectivity index (χ1n) is 8.64. The first kappa shape index (κ1) is 19.9. The van der Waals surface area contributed by atoms with Crippen LogP contribution in [0.1, 0.15) is 23.7 Å². The van der Waals surface area contributed by atoms with Crippen molar-refractivity contribution in [2.24, 2.45) is 5.16 Å². The maximum Gasteiger partial charge on any atom is 0.203 e. The van der Waals surface area contributed by atoms with E-state index in [0.29, 0.717) is 45.3 Å². The van der Waals surface area contributed by atoms with Crippen LogP contribution in [0.15, 0.2) is 29.4 Å². The SMILES string of the molecule is CC#Cc1c(OC)ccc2c(/C(=N/O)c3cc(OC)c(OC)c(OC)c3)[nH]nc12. The Balaban J connectivity index is 2.23. The Morgan fingerprint density at radius 2 is 1.66 bits per heavy atom. The molecular formula is C21H21N3O5. The van der Waals surface area contributed by atoms with Gasteiger partial charge in [0, 0.05) is 10.9 Å². The molecule has 0 fully saturated rings. The molecule has 0 saturated carbocycles. The molecule has 0 radical (unpaired) electrons. The van der Waals surface area contributed by atoms with Gasteiger partial charge in [0.1, 0.15) is 17.0 Å². The molecule has 2 N–H and O–H groups in total. The minimum atomic E-state index is 0.257. The maximum absolute atomic E-state index is 9.81. The lowest BCUT2D eigenvalue weighted by molar-refractivity contribution is 0.318. The summed E-state index contributed by atoms with van der Waals surface area (Å²) in [5.41, 5.74) is 2.58. The van der Waals surface area contributed by atoms with E-state index in [9.17, 15) is 5.21 Å². The molecule has 0 atom stereocenters. The molecule has 0 aliphatic carbocycles. The summed E-state index contributed by atoms with van der Waals surface area (Å²) in [5.74, 6) is 7.81. The van der Waals surface area contributed by atoms with E-state index in [1.54, 1.807) is 32.2 Å². The fourth-order valence-electron chi connectivity index (χ4n) is 3.13. The molecular weight excluding hydrogens is 374 g/mol. The molecule has 0 saturated heterocycles. The number of hydrogen-bond donors (Lipinski definition) is 2. The Kier molecular flexibility index (Phi) is 5.79. The van der Waals surface area contributed by atoms with E-state index in [4.69, 9.17) is 18.9 Å². The van der Waals surface area contributed by atoms with E-state index in [0.717, 1.165) is 5.39 Å². The van der Waals surface area contributed by atoms with Gasteiger partial charge in [0.05, 0.1) is 39.7 Å². The summed E-state index contributed by atoms with van der Waals surface area (Å²) in [4.78, 5) is 0. The molecule has 1 aromatic heterocycles. The maximum atomic E-state index is 9.81. The molecule has 0 amide bonds. The van der Waals surface area contributed by atoms with Crippen molar-refractivity contribution in [1.82, 2.24) is 10.2 Å². The van der Waals surface area contributed by atoms with Gasteiger partial charge in [-0.05, 0) is 31.2 Å². The summed E-state index contributed by atoms with van der Waals surface area (Å²) < 4.78 is 21.5. The van der Waals surface area contributed by atoms with Crippen molar-refractivity contribution in [1.29, 1.82) is 0 Å². The molecule has 1 heterocycles. The number of nitrogens with one attached hydrogen (secondary N) is 1. The summed E-state index contributed by atoms with van der Waals surface area (Å²) >= 11 is 0. The third kappa shape index (κ3) is 3.38. The minimum absolute atomic E-state index is 0.257. The topological polar surface area (TPSA) is 98.2 Å². The minimum Gasteiger partial charge on any atom is -0.495 e. The van der Waals surface area contributed by atoms with Crippen LogP contribution in [-0.2, 0) is 0 Å². The number of methoxy groups -OCH3 is 4. The highest BCUT2D eigenvalue weighted by molar-refractivity contribution is 6.18. The Bertz CT molecular complexity index is 1110. The Morgan fingerprint density at radius 1 is 1.00 bits per heavy atom. The normalized spacial score (nSPS) is 11.0. The largest absolute Gasteiger partial charge is 0.495 e. The molecule has 0 aliphatic heterocycles. The predicted octanol–water partition coefficient (Wildman–Crippen LogP) is 3.20. The molecule has 8 nitrogen and oxygen atoms in total. The van der Waals surface area contributed by atoms with Crippen LogP contribution in [0.4, 0.5) is 0 Å². The summed E-state index contributed by atoms with van der Waals surface area (Å²) in [6.45, 7) is 1.74. The monoisotopic (exact) mass is 395 g/mol. The second-order valence-electron chi connectivity index (χ2n) is 5.88. The lowest BCUT2D eigenvalue weighted by Gasteiger charge is -2.14. The van der Waals surface area contributed by atoms with Crippen molar-refractivity contribution in [3.8, 4) is 34.8 Å². The van der Waals surface area contributed by atoms with Crippen molar-refractivity contribution in [2.75, 3.05) is 28.4 Å². The zero-order valence-electron chi connectivity index (χ0n) is 16.8. The number of rotatable bonds is 6. The highest BCUT2D eigenvalue weighted by Crippen LogP contribution is 2.39. The number of ether oxygens (including phenoxy) is 4. The molecule has 0 spiro atoms. The average molecular weight is 395 g/mol. The molecule has 3 aromatic rings. The number of nitrogens with zero attached hydrogens (tertiary/aromatic N) is 2. The van der Waals surface area contributed by atoms with E-state index in [1.165, 1.54) is 21.3 Å². The van der Waals surface area contributed by atoms with Crippen molar-refractivity contribution >= 4 is 16.6 Å². The number of H-pyrrole nitrogens is 1. The van der Waals surface area contributed by atoms with Crippen LogP contribution < -0.4 is 18.9 Å². The van der Waals surface area contributed by atoms with E-state index in [2.05, 4.69) is 27.2 Å². The number of oxime groups is 1. The van der Waals surface area contributed by atoms with Gasteiger partial charge in [0.2, 0.25) is 5.75 Å². The second-order valence-corrected chi connectivity index (χ2v) is 5.88. The lowest BCUT2D eigenvalue weighted by Crippen LogP contribution is -2.07. The number of benzene rings is 2. The van der Waals surface area contributed by atoms with Crippen LogP contribution in [0.3, 0.4) is 0 Å². The van der Waals surface area contributed by atoms with Crippen LogP contribution >= 0.6 is 0 Å². The van der Waals surface area contributed by atoms with Gasteiger partial charge < -0.3 is 24.2 Å². The average Bonchev–Trinajstić information content (AvgIpc) is 3.18. The van der Waals surface area contributed by atoms with Gasteiger partial charge in [-0.2, -0.15) is 5.10 Å². The van der Waals surface area contributed by atoms with Crippen LogP contribution in [0.2, 0.25) is 0 Å². The van der Waals surface area contributed by atoms with Gasteiger partial charge in [0.15, 0.2) is 11.5 Å². The predicted molar refractivity (Wildman–Crippen MR) is 109 cm³/mol. The number of fused-ring (bicyclic) bond motifs is 1. The summed E-state index contributed by atoms with van der Waals surface area (Å²) in [6.07, 6.45) is 0. The third-order valence-electron chi connectivity index (χ3n) is 4.43. The van der Waals surface area contributed by atoms with Gasteiger partial charge in [-0.3, -0.25) is 5.10 Å². The molecule has 0 aliphatic rings. The highest BCUT2D eigenvalue weighted by atomic mass is 16.5. The summed E-state index contributed by atoms with van der Waals surface area (Å²) in [7, 11) is 6.13. The van der Waals surface area contributed by atoms with Gasteiger partial charge in [-0.1, -0.05) is 11.1 Å². The molecule has 150 valence electrons. The smallest absolute Gasteiger partial charge is 0.203 e. The zero-order chi connectivity index (χ0) is 21.0. The molecule has 0 bridgehead atoms. The molecule has 29 heavy (non-hydrogen) atoms.